The topological polar surface area (TPSA) is 89.5 Å². The second-order valence-corrected chi connectivity index (χ2v) is 12.0. The van der Waals surface area contributed by atoms with E-state index in [1.165, 1.54) is 4.91 Å². The molecule has 4 rings (SSSR count). The Morgan fingerprint density at radius 3 is 1.71 bits per heavy atom. The van der Waals surface area contributed by atoms with Crippen molar-refractivity contribution in [1.82, 2.24) is 0 Å². The summed E-state index contributed by atoms with van der Waals surface area (Å²) >= 11 is 1.71. The molecule has 0 aromatic heterocycles. The minimum absolute atomic E-state index is 0.0845. The van der Waals surface area contributed by atoms with Crippen LogP contribution in [-0.2, 0) is 41.4 Å². The highest BCUT2D eigenvalue weighted by molar-refractivity contribution is 8.03. The maximum atomic E-state index is 12.3. The number of hydrogen-bond donors (Lipinski definition) is 0. The van der Waals surface area contributed by atoms with Crippen LogP contribution in [0.25, 0.3) is 10.8 Å². The first kappa shape index (κ1) is 33.8. The molecule has 0 aliphatic heterocycles. The molecular weight excluding hydrogens is 592 g/mol. The molecule has 1 aliphatic rings. The zero-order valence-corrected chi connectivity index (χ0v) is 27.1. The van der Waals surface area contributed by atoms with Crippen LogP contribution in [-0.4, -0.2) is 64.8 Å². The Hall–Kier alpha value is -4.05. The first-order chi connectivity index (χ1) is 21.7. The van der Waals surface area contributed by atoms with Crippen molar-refractivity contribution >= 4 is 34.5 Å². The molecule has 0 spiro atoms. The number of rotatable bonds is 16. The van der Waals surface area contributed by atoms with Gasteiger partial charge in [0, 0.05) is 58.6 Å². The second-order valence-electron chi connectivity index (χ2n) is 10.8. The lowest BCUT2D eigenvalue weighted by atomic mass is 9.90. The van der Waals surface area contributed by atoms with E-state index in [1.807, 2.05) is 42.5 Å². The first-order valence-electron chi connectivity index (χ1n) is 14.7. The number of carbonyl (C=O) groups excluding carboxylic acids is 2. The molecule has 0 saturated carbocycles. The van der Waals surface area contributed by atoms with Crippen molar-refractivity contribution in [2.75, 3.05) is 40.6 Å². The van der Waals surface area contributed by atoms with Crippen molar-refractivity contribution in [3.05, 3.63) is 101 Å². The van der Waals surface area contributed by atoms with Gasteiger partial charge in [0.2, 0.25) is 0 Å². The van der Waals surface area contributed by atoms with Gasteiger partial charge in [0.25, 0.3) is 0 Å². The molecule has 0 heterocycles. The molecule has 1 aliphatic carbocycles. The quantitative estimate of drug-likeness (QED) is 0.127. The van der Waals surface area contributed by atoms with Crippen molar-refractivity contribution < 1.29 is 38.0 Å². The van der Waals surface area contributed by atoms with E-state index in [2.05, 4.69) is 31.4 Å². The number of allylic oxidation sites excluding steroid dienone is 2. The van der Waals surface area contributed by atoms with Crippen LogP contribution < -0.4 is 9.47 Å². The number of carbonyl (C=O) groups is 2. The molecule has 2 unspecified atom stereocenters. The number of ether oxygens (including phenoxy) is 6. The fourth-order valence-corrected chi connectivity index (χ4v) is 5.83. The second kappa shape index (κ2) is 16.3. The summed E-state index contributed by atoms with van der Waals surface area (Å²) in [4.78, 5) is 26.9. The Bertz CT molecular complexity index is 1560. The summed E-state index contributed by atoms with van der Waals surface area (Å²) in [6, 6.07) is 18.1. The van der Waals surface area contributed by atoms with Crippen LogP contribution in [0.1, 0.15) is 25.0 Å². The van der Waals surface area contributed by atoms with E-state index in [9.17, 15) is 9.59 Å². The lowest BCUT2D eigenvalue weighted by Gasteiger charge is -2.27. The minimum Gasteiger partial charge on any atom is -0.489 e. The van der Waals surface area contributed by atoms with Gasteiger partial charge in [-0.1, -0.05) is 73.5 Å². The van der Waals surface area contributed by atoms with Gasteiger partial charge in [0.1, 0.15) is 24.7 Å². The maximum absolute atomic E-state index is 12.3. The predicted molar refractivity (Wildman–Crippen MR) is 176 cm³/mol. The summed E-state index contributed by atoms with van der Waals surface area (Å²) in [5.41, 5.74) is 2.56. The number of hydrogen-bond acceptors (Lipinski definition) is 9. The van der Waals surface area contributed by atoms with Crippen molar-refractivity contribution in [1.29, 1.82) is 0 Å². The number of fused-ring (bicyclic) bond motifs is 2. The molecule has 2 atom stereocenters. The van der Waals surface area contributed by atoms with E-state index in [1.54, 1.807) is 39.8 Å². The van der Waals surface area contributed by atoms with Crippen LogP contribution in [0.4, 0.5) is 0 Å². The lowest BCUT2D eigenvalue weighted by Crippen LogP contribution is -2.30. The van der Waals surface area contributed by atoms with Crippen LogP contribution in [0.15, 0.2) is 94.8 Å². The molecule has 3 aromatic carbocycles. The Kier molecular flexibility index (Phi) is 12.3. The number of esters is 2. The smallest absolute Gasteiger partial charge is 0.333 e. The fraction of sp³-hybridized carbons (Fsp3) is 0.333. The molecule has 238 valence electrons. The van der Waals surface area contributed by atoms with E-state index in [4.69, 9.17) is 28.4 Å². The third-order valence-corrected chi connectivity index (χ3v) is 8.06. The van der Waals surface area contributed by atoms with Crippen LogP contribution in [0.3, 0.4) is 0 Å². The van der Waals surface area contributed by atoms with Gasteiger partial charge in [-0.25, -0.2) is 9.59 Å². The molecule has 0 fully saturated rings. The maximum Gasteiger partial charge on any atom is 0.333 e. The number of methoxy groups -OCH3 is 2. The van der Waals surface area contributed by atoms with Gasteiger partial charge in [-0.3, -0.25) is 0 Å². The number of benzene rings is 3. The summed E-state index contributed by atoms with van der Waals surface area (Å²) in [7, 11) is 3.10. The van der Waals surface area contributed by atoms with E-state index < -0.39 is 24.1 Å². The van der Waals surface area contributed by atoms with Crippen LogP contribution >= 0.6 is 11.8 Å². The molecule has 0 radical (unpaired) electrons. The summed E-state index contributed by atoms with van der Waals surface area (Å²) in [6.07, 6.45) is 2.15. The van der Waals surface area contributed by atoms with Gasteiger partial charge < -0.3 is 28.4 Å². The Morgan fingerprint density at radius 2 is 1.22 bits per heavy atom. The average molecular weight is 633 g/mol. The van der Waals surface area contributed by atoms with Crippen LogP contribution in [0.2, 0.25) is 0 Å². The minimum atomic E-state index is -0.639. The fourth-order valence-electron chi connectivity index (χ4n) is 4.85. The standard InChI is InChI=1S/C36H40O8S/c1-23(2)35(37)43-25(19-39-5)21-41-33-29-14-10-11-15-30(29)34(42-22-26(20-40-6)44-36(38)24(3)4)32-18-28(16-17-31(32)33)45-27-12-8-7-9-13-27/h7-16,25-26H,1,3,17-22H2,2,4-6H3. The Morgan fingerprint density at radius 1 is 0.733 bits per heavy atom. The molecule has 9 heteroatoms. The average Bonchev–Trinajstić information content (AvgIpc) is 3.03. The Labute approximate surface area is 269 Å². The molecule has 3 aromatic rings. The zero-order valence-electron chi connectivity index (χ0n) is 26.3. The molecule has 0 bridgehead atoms. The highest BCUT2D eigenvalue weighted by atomic mass is 32.2. The van der Waals surface area contributed by atoms with Crippen molar-refractivity contribution in [2.24, 2.45) is 0 Å². The summed E-state index contributed by atoms with van der Waals surface area (Å²) in [5, 5.41) is 1.70. The van der Waals surface area contributed by atoms with Gasteiger partial charge in [-0.15, -0.1) is 0 Å². The SMILES string of the molecule is C=C(C)C(=O)OC(COC)COc1c2c(c(OCC(COC)OC(=O)C(=C)C)c3ccccc13)CC(Sc1ccccc1)=CC2. The highest BCUT2D eigenvalue weighted by Crippen LogP contribution is 2.46. The largest absolute Gasteiger partial charge is 0.489 e. The van der Waals surface area contributed by atoms with Crippen molar-refractivity contribution in [3.63, 3.8) is 0 Å². The number of thioether (sulfide) groups is 1. The molecule has 0 saturated heterocycles. The zero-order chi connectivity index (χ0) is 32.3. The molecule has 0 amide bonds. The summed E-state index contributed by atoms with van der Waals surface area (Å²) in [6.45, 7) is 11.1. The first-order valence-corrected chi connectivity index (χ1v) is 15.5. The Balaban J connectivity index is 1.73. The van der Waals surface area contributed by atoms with Gasteiger partial charge in [0.05, 0.1) is 13.2 Å². The van der Waals surface area contributed by atoms with Crippen LogP contribution in [0.5, 0.6) is 11.5 Å². The van der Waals surface area contributed by atoms with E-state index >= 15 is 0 Å². The van der Waals surface area contributed by atoms with Crippen LogP contribution in [0, 0.1) is 0 Å². The predicted octanol–water partition coefficient (Wildman–Crippen LogP) is 6.64. The van der Waals surface area contributed by atoms with Gasteiger partial charge in [-0.2, -0.15) is 0 Å². The van der Waals surface area contributed by atoms with Crippen molar-refractivity contribution in [2.45, 2.75) is 43.8 Å². The third-order valence-electron chi connectivity index (χ3n) is 6.98. The summed E-state index contributed by atoms with van der Waals surface area (Å²) < 4.78 is 34.8. The van der Waals surface area contributed by atoms with Gasteiger partial charge in [0.15, 0.2) is 12.2 Å². The van der Waals surface area contributed by atoms with E-state index in [0.29, 0.717) is 35.5 Å². The van der Waals surface area contributed by atoms with Crippen molar-refractivity contribution in [3.8, 4) is 11.5 Å². The molecule has 0 N–H and O–H groups in total. The monoisotopic (exact) mass is 632 g/mol. The third kappa shape index (κ3) is 9.00. The van der Waals surface area contributed by atoms with E-state index in [-0.39, 0.29) is 26.4 Å². The lowest BCUT2D eigenvalue weighted by molar-refractivity contribution is -0.149. The highest BCUT2D eigenvalue weighted by Gasteiger charge is 2.27. The molecule has 45 heavy (non-hydrogen) atoms. The van der Waals surface area contributed by atoms with Gasteiger partial charge in [-0.05, 0) is 37.3 Å². The molecular formula is C36H40O8S. The normalized spacial score (nSPS) is 13.6. The van der Waals surface area contributed by atoms with E-state index in [0.717, 1.165) is 26.8 Å². The molecule has 8 nitrogen and oxygen atoms in total. The summed E-state index contributed by atoms with van der Waals surface area (Å²) in [5.74, 6) is 0.392. The van der Waals surface area contributed by atoms with Gasteiger partial charge >= 0.3 is 11.9 Å².